The number of nitrogens with zero attached hydrogens (tertiary/aromatic N) is 1. The first-order chi connectivity index (χ1) is 10.7. The summed E-state index contributed by atoms with van der Waals surface area (Å²) >= 11 is 0. The zero-order chi connectivity index (χ0) is 15.4. The fourth-order valence-corrected chi connectivity index (χ4v) is 2.38. The van der Waals surface area contributed by atoms with Crippen molar-refractivity contribution in [2.24, 2.45) is 0 Å². The third-order valence-corrected chi connectivity index (χ3v) is 3.59. The molecular formula is C19H17NO2. The van der Waals surface area contributed by atoms with Gasteiger partial charge in [0, 0.05) is 24.7 Å². The number of carbonyl (C=O) groups is 1. The molecule has 0 N–H and O–H groups in total. The second kappa shape index (κ2) is 6.31. The van der Waals surface area contributed by atoms with Crippen molar-refractivity contribution in [2.75, 3.05) is 7.05 Å². The van der Waals surface area contributed by atoms with Crippen molar-refractivity contribution in [3.8, 4) is 11.1 Å². The topological polar surface area (TPSA) is 33.5 Å². The van der Waals surface area contributed by atoms with Crippen LogP contribution in [0.5, 0.6) is 0 Å². The van der Waals surface area contributed by atoms with E-state index in [1.165, 1.54) is 0 Å². The van der Waals surface area contributed by atoms with Crippen LogP contribution in [-0.4, -0.2) is 17.9 Å². The van der Waals surface area contributed by atoms with Crippen molar-refractivity contribution >= 4 is 5.91 Å². The summed E-state index contributed by atoms with van der Waals surface area (Å²) in [6.07, 6.45) is 3.27. The summed E-state index contributed by atoms with van der Waals surface area (Å²) in [7, 11) is 1.79. The van der Waals surface area contributed by atoms with Gasteiger partial charge in [0.15, 0.2) is 0 Å². The highest BCUT2D eigenvalue weighted by atomic mass is 16.3. The number of hydrogen-bond donors (Lipinski definition) is 0. The molecule has 3 heteroatoms. The van der Waals surface area contributed by atoms with Gasteiger partial charge in [0.05, 0.1) is 12.5 Å². The van der Waals surface area contributed by atoms with Crippen LogP contribution in [0.25, 0.3) is 11.1 Å². The average Bonchev–Trinajstić information content (AvgIpc) is 3.08. The lowest BCUT2D eigenvalue weighted by Gasteiger charge is -2.16. The Balaban J connectivity index is 1.73. The number of benzene rings is 2. The molecule has 3 nitrogen and oxygen atoms in total. The number of rotatable bonds is 4. The van der Waals surface area contributed by atoms with Crippen LogP contribution < -0.4 is 0 Å². The Kier molecular flexibility index (Phi) is 4.05. The lowest BCUT2D eigenvalue weighted by atomic mass is 10.0. The molecule has 0 aliphatic rings. The molecule has 0 atom stereocenters. The molecule has 0 spiro atoms. The highest BCUT2D eigenvalue weighted by molar-refractivity contribution is 5.94. The fraction of sp³-hybridized carbons (Fsp3) is 0.105. The summed E-state index contributed by atoms with van der Waals surface area (Å²) in [6.45, 7) is 0.537. The standard InChI is InChI=1S/C19H17NO2/c1-20(13-15-11-12-22-14-15)19(21)18-9-7-17(8-10-18)16-5-3-2-4-6-16/h2-12,14H,13H2,1H3. The largest absolute Gasteiger partial charge is 0.472 e. The van der Waals surface area contributed by atoms with E-state index >= 15 is 0 Å². The van der Waals surface area contributed by atoms with Crippen LogP contribution in [0.1, 0.15) is 15.9 Å². The van der Waals surface area contributed by atoms with E-state index in [-0.39, 0.29) is 5.91 Å². The molecule has 0 unspecified atom stereocenters. The van der Waals surface area contributed by atoms with Gasteiger partial charge >= 0.3 is 0 Å². The Bertz CT molecular complexity index is 731. The summed E-state index contributed by atoms with van der Waals surface area (Å²) in [5.74, 6) is 0.000752. The number of hydrogen-bond acceptors (Lipinski definition) is 2. The van der Waals surface area contributed by atoms with Crippen molar-refractivity contribution in [3.63, 3.8) is 0 Å². The molecule has 2 aromatic carbocycles. The van der Waals surface area contributed by atoms with Gasteiger partial charge in [0.1, 0.15) is 0 Å². The van der Waals surface area contributed by atoms with Crippen LogP contribution in [0.4, 0.5) is 0 Å². The second-order valence-electron chi connectivity index (χ2n) is 5.24. The Morgan fingerprint density at radius 1 is 0.955 bits per heavy atom. The Hall–Kier alpha value is -2.81. The summed E-state index contributed by atoms with van der Waals surface area (Å²) in [5.41, 5.74) is 3.92. The van der Waals surface area contributed by atoms with Gasteiger partial charge in [-0.15, -0.1) is 0 Å². The van der Waals surface area contributed by atoms with E-state index in [9.17, 15) is 4.79 Å². The van der Waals surface area contributed by atoms with Crippen molar-refractivity contribution < 1.29 is 9.21 Å². The van der Waals surface area contributed by atoms with Gasteiger partial charge in [-0.1, -0.05) is 42.5 Å². The van der Waals surface area contributed by atoms with Crippen LogP contribution in [0, 0.1) is 0 Å². The highest BCUT2D eigenvalue weighted by Gasteiger charge is 2.12. The molecule has 0 saturated heterocycles. The van der Waals surface area contributed by atoms with Gasteiger partial charge < -0.3 is 9.32 Å². The SMILES string of the molecule is CN(Cc1ccoc1)C(=O)c1ccc(-c2ccccc2)cc1. The minimum atomic E-state index is 0.000752. The minimum Gasteiger partial charge on any atom is -0.472 e. The van der Waals surface area contributed by atoms with Gasteiger partial charge in [-0.3, -0.25) is 4.79 Å². The van der Waals surface area contributed by atoms with Crippen LogP contribution in [0.2, 0.25) is 0 Å². The number of furan rings is 1. The summed E-state index contributed by atoms with van der Waals surface area (Å²) in [5, 5.41) is 0. The third kappa shape index (κ3) is 3.09. The molecule has 0 aliphatic carbocycles. The van der Waals surface area contributed by atoms with Crippen molar-refractivity contribution in [1.82, 2.24) is 4.90 Å². The maximum atomic E-state index is 12.4. The van der Waals surface area contributed by atoms with E-state index in [1.807, 2.05) is 48.5 Å². The molecule has 110 valence electrons. The summed E-state index contributed by atoms with van der Waals surface area (Å²) in [4.78, 5) is 14.1. The monoisotopic (exact) mass is 291 g/mol. The normalized spacial score (nSPS) is 10.4. The molecule has 3 rings (SSSR count). The van der Waals surface area contributed by atoms with Gasteiger partial charge in [0.25, 0.3) is 5.91 Å². The first-order valence-corrected chi connectivity index (χ1v) is 7.16. The first kappa shape index (κ1) is 14.1. The number of carbonyl (C=O) groups excluding carboxylic acids is 1. The third-order valence-electron chi connectivity index (χ3n) is 3.59. The van der Waals surface area contributed by atoms with Gasteiger partial charge in [0.2, 0.25) is 0 Å². The molecular weight excluding hydrogens is 274 g/mol. The predicted molar refractivity (Wildman–Crippen MR) is 86.4 cm³/mol. The molecule has 3 aromatic rings. The van der Waals surface area contributed by atoms with Gasteiger partial charge in [-0.25, -0.2) is 0 Å². The lowest BCUT2D eigenvalue weighted by molar-refractivity contribution is 0.0785. The van der Waals surface area contributed by atoms with Crippen LogP contribution >= 0.6 is 0 Å². The average molecular weight is 291 g/mol. The minimum absolute atomic E-state index is 0.000752. The van der Waals surface area contributed by atoms with E-state index in [1.54, 1.807) is 24.5 Å². The van der Waals surface area contributed by atoms with Crippen LogP contribution in [-0.2, 0) is 6.54 Å². The quantitative estimate of drug-likeness (QED) is 0.721. The van der Waals surface area contributed by atoms with E-state index in [0.29, 0.717) is 12.1 Å². The highest BCUT2D eigenvalue weighted by Crippen LogP contribution is 2.20. The maximum Gasteiger partial charge on any atom is 0.253 e. The molecule has 0 saturated carbocycles. The number of amides is 1. The Morgan fingerprint density at radius 2 is 1.64 bits per heavy atom. The van der Waals surface area contributed by atoms with Crippen LogP contribution in [0.3, 0.4) is 0 Å². The molecule has 22 heavy (non-hydrogen) atoms. The fourth-order valence-electron chi connectivity index (χ4n) is 2.38. The van der Waals surface area contributed by atoms with Gasteiger partial charge in [-0.2, -0.15) is 0 Å². The van der Waals surface area contributed by atoms with E-state index in [0.717, 1.165) is 16.7 Å². The Morgan fingerprint density at radius 3 is 2.27 bits per heavy atom. The summed E-state index contributed by atoms with van der Waals surface area (Å²) in [6, 6.07) is 19.7. The van der Waals surface area contributed by atoms with Crippen molar-refractivity contribution in [3.05, 3.63) is 84.3 Å². The lowest BCUT2D eigenvalue weighted by Crippen LogP contribution is -2.25. The van der Waals surface area contributed by atoms with E-state index in [4.69, 9.17) is 4.42 Å². The summed E-state index contributed by atoms with van der Waals surface area (Å²) < 4.78 is 5.03. The molecule has 0 bridgehead atoms. The molecule has 0 fully saturated rings. The van der Waals surface area contributed by atoms with Gasteiger partial charge in [-0.05, 0) is 29.3 Å². The molecule has 1 aromatic heterocycles. The molecule has 0 radical (unpaired) electrons. The zero-order valence-electron chi connectivity index (χ0n) is 12.4. The second-order valence-corrected chi connectivity index (χ2v) is 5.24. The molecule has 0 aliphatic heterocycles. The Labute approximate surface area is 129 Å². The first-order valence-electron chi connectivity index (χ1n) is 7.16. The van der Waals surface area contributed by atoms with E-state index in [2.05, 4.69) is 12.1 Å². The maximum absolute atomic E-state index is 12.4. The molecule has 1 heterocycles. The zero-order valence-corrected chi connectivity index (χ0v) is 12.4. The van der Waals surface area contributed by atoms with E-state index < -0.39 is 0 Å². The van der Waals surface area contributed by atoms with Crippen LogP contribution in [0.15, 0.2) is 77.6 Å². The predicted octanol–water partition coefficient (Wildman–Crippen LogP) is 4.22. The van der Waals surface area contributed by atoms with Crippen molar-refractivity contribution in [2.45, 2.75) is 6.54 Å². The molecule has 1 amide bonds. The van der Waals surface area contributed by atoms with Crippen molar-refractivity contribution in [1.29, 1.82) is 0 Å². The smallest absolute Gasteiger partial charge is 0.253 e.